The summed E-state index contributed by atoms with van der Waals surface area (Å²) in [4.78, 5) is 14.0. The molecule has 0 radical (unpaired) electrons. The molecular weight excluding hydrogens is 220 g/mol. The van der Waals surface area contributed by atoms with Gasteiger partial charge in [-0.1, -0.05) is 0 Å². The highest BCUT2D eigenvalue weighted by molar-refractivity contribution is 5.80. The van der Waals surface area contributed by atoms with Gasteiger partial charge in [0.25, 0.3) is 0 Å². The van der Waals surface area contributed by atoms with E-state index in [1.807, 2.05) is 18.7 Å². The van der Waals surface area contributed by atoms with Crippen molar-refractivity contribution >= 4 is 5.91 Å². The summed E-state index contributed by atoms with van der Waals surface area (Å²) in [7, 11) is 0. The highest BCUT2D eigenvalue weighted by atomic mass is 16.5. The predicted molar refractivity (Wildman–Crippen MR) is 63.8 cm³/mol. The van der Waals surface area contributed by atoms with Crippen LogP contribution >= 0.6 is 0 Å². The van der Waals surface area contributed by atoms with Gasteiger partial charge < -0.3 is 19.7 Å². The van der Waals surface area contributed by atoms with Crippen LogP contribution < -0.4 is 5.32 Å². The molecule has 2 saturated heterocycles. The Labute approximate surface area is 102 Å². The predicted octanol–water partition coefficient (Wildman–Crippen LogP) is -0.142. The molecule has 0 spiro atoms. The Morgan fingerprint density at radius 3 is 2.06 bits per heavy atom. The molecule has 0 saturated carbocycles. The Bertz CT molecular complexity index is 254. The third kappa shape index (κ3) is 2.78. The van der Waals surface area contributed by atoms with Crippen molar-refractivity contribution < 1.29 is 14.3 Å². The first-order valence-corrected chi connectivity index (χ1v) is 6.49. The second-order valence-electron chi connectivity index (χ2n) is 4.59. The summed E-state index contributed by atoms with van der Waals surface area (Å²) in [5.74, 6) is 0.410. The lowest BCUT2D eigenvalue weighted by Crippen LogP contribution is -2.51. The van der Waals surface area contributed by atoms with Crippen LogP contribution in [0.4, 0.5) is 0 Å². The number of nitrogens with one attached hydrogen (secondary N) is 1. The summed E-state index contributed by atoms with van der Waals surface area (Å²) < 4.78 is 11.3. The number of rotatable bonds is 5. The first kappa shape index (κ1) is 12.8. The van der Waals surface area contributed by atoms with Crippen LogP contribution in [0.2, 0.25) is 0 Å². The smallest absolute Gasteiger partial charge is 0.228 e. The number of ether oxygens (including phenoxy) is 2. The van der Waals surface area contributed by atoms with E-state index in [0.717, 1.165) is 13.1 Å². The summed E-state index contributed by atoms with van der Waals surface area (Å²) in [5.41, 5.74) is 0. The fraction of sp³-hybridized carbons (Fsp3) is 0.917. The molecule has 0 aromatic carbocycles. The lowest BCUT2D eigenvalue weighted by atomic mass is 10.0. The highest BCUT2D eigenvalue weighted by Crippen LogP contribution is 2.20. The fourth-order valence-corrected chi connectivity index (χ4v) is 2.39. The van der Waals surface area contributed by atoms with Crippen molar-refractivity contribution in [3.63, 3.8) is 0 Å². The van der Waals surface area contributed by atoms with E-state index in [2.05, 4.69) is 5.32 Å². The molecule has 5 heteroatoms. The van der Waals surface area contributed by atoms with E-state index in [-0.39, 0.29) is 24.0 Å². The fourth-order valence-electron chi connectivity index (χ4n) is 2.39. The second-order valence-corrected chi connectivity index (χ2v) is 4.59. The van der Waals surface area contributed by atoms with E-state index >= 15 is 0 Å². The van der Waals surface area contributed by atoms with Crippen LogP contribution in [0.25, 0.3) is 0 Å². The van der Waals surface area contributed by atoms with Crippen molar-refractivity contribution in [3.8, 4) is 0 Å². The zero-order chi connectivity index (χ0) is 12.3. The minimum Gasteiger partial charge on any atom is -0.374 e. The molecule has 0 bridgehead atoms. The van der Waals surface area contributed by atoms with E-state index in [1.54, 1.807) is 0 Å². The van der Waals surface area contributed by atoms with Gasteiger partial charge in [0.05, 0.1) is 5.92 Å². The Kier molecular flexibility index (Phi) is 4.36. The summed E-state index contributed by atoms with van der Waals surface area (Å²) in [6.07, 6.45) is 0.0777. The van der Waals surface area contributed by atoms with E-state index in [0.29, 0.717) is 26.3 Å². The third-order valence-corrected chi connectivity index (χ3v) is 3.42. The minimum absolute atomic E-state index is 0.0388. The normalized spacial score (nSPS) is 29.4. The molecule has 2 atom stereocenters. The first-order chi connectivity index (χ1) is 8.26. The molecule has 0 aromatic heterocycles. The number of likely N-dealkylation sites (tertiary alicyclic amines) is 1. The van der Waals surface area contributed by atoms with Gasteiger partial charge in [0.15, 0.2) is 0 Å². The van der Waals surface area contributed by atoms with Crippen LogP contribution in [0, 0.1) is 5.92 Å². The largest absolute Gasteiger partial charge is 0.374 e. The van der Waals surface area contributed by atoms with Crippen LogP contribution in [0.15, 0.2) is 0 Å². The van der Waals surface area contributed by atoms with Crippen LogP contribution in [-0.2, 0) is 14.3 Å². The topological polar surface area (TPSA) is 50.8 Å². The van der Waals surface area contributed by atoms with Crippen LogP contribution in [0.1, 0.15) is 13.8 Å². The van der Waals surface area contributed by atoms with Gasteiger partial charge in [0, 0.05) is 39.4 Å². The average molecular weight is 242 g/mol. The Morgan fingerprint density at radius 1 is 1.18 bits per heavy atom. The number of hydrogen-bond donors (Lipinski definition) is 1. The van der Waals surface area contributed by atoms with Crippen molar-refractivity contribution in [3.05, 3.63) is 0 Å². The summed E-state index contributed by atoms with van der Waals surface area (Å²) in [5, 5.41) is 3.13. The zero-order valence-electron chi connectivity index (χ0n) is 10.6. The van der Waals surface area contributed by atoms with Gasteiger partial charge in [-0.2, -0.15) is 0 Å². The van der Waals surface area contributed by atoms with Gasteiger partial charge in [0.2, 0.25) is 5.91 Å². The van der Waals surface area contributed by atoms with Gasteiger partial charge in [-0.25, -0.2) is 0 Å². The number of carbonyl (C=O) groups excluding carboxylic acids is 1. The molecule has 1 amide bonds. The van der Waals surface area contributed by atoms with E-state index < -0.39 is 0 Å². The van der Waals surface area contributed by atoms with Gasteiger partial charge in [0.1, 0.15) is 12.2 Å². The Balaban J connectivity index is 1.90. The molecule has 2 aliphatic heterocycles. The van der Waals surface area contributed by atoms with Gasteiger partial charge in [-0.05, 0) is 13.8 Å². The first-order valence-electron chi connectivity index (χ1n) is 6.49. The molecule has 2 rings (SSSR count). The molecule has 0 aromatic rings. The third-order valence-electron chi connectivity index (χ3n) is 3.42. The number of nitrogens with zero attached hydrogens (tertiary/aromatic N) is 1. The second kappa shape index (κ2) is 5.80. The molecule has 2 aliphatic rings. The molecular formula is C12H22N2O3. The summed E-state index contributed by atoms with van der Waals surface area (Å²) >= 11 is 0. The monoisotopic (exact) mass is 242 g/mol. The van der Waals surface area contributed by atoms with Crippen LogP contribution in [0.3, 0.4) is 0 Å². The van der Waals surface area contributed by atoms with E-state index in [1.165, 1.54) is 0 Å². The van der Waals surface area contributed by atoms with Crippen LogP contribution in [-0.4, -0.2) is 62.4 Å². The highest BCUT2D eigenvalue weighted by Gasteiger charge is 2.39. The lowest BCUT2D eigenvalue weighted by molar-refractivity contribution is -0.136. The molecule has 17 heavy (non-hydrogen) atoms. The molecule has 5 nitrogen and oxygen atoms in total. The lowest BCUT2D eigenvalue weighted by Gasteiger charge is -2.30. The Morgan fingerprint density at radius 2 is 1.71 bits per heavy atom. The molecule has 1 N–H and O–H groups in total. The van der Waals surface area contributed by atoms with Crippen molar-refractivity contribution in [1.82, 2.24) is 10.2 Å². The van der Waals surface area contributed by atoms with Gasteiger partial charge in [-0.15, -0.1) is 0 Å². The summed E-state index contributed by atoms with van der Waals surface area (Å²) in [6, 6.07) is 0. The van der Waals surface area contributed by atoms with Gasteiger partial charge in [-0.3, -0.25) is 4.79 Å². The standard InChI is InChI=1S/C12H22N2O3/c1-3-16-10-7-14(8-11(10)17-4-2)12(15)9-5-13-6-9/h9-11,13H,3-8H2,1-2H3/t10-,11-/m0/s1. The Hall–Kier alpha value is -0.650. The molecule has 98 valence electrons. The number of carbonyl (C=O) groups is 1. The average Bonchev–Trinajstić information content (AvgIpc) is 2.60. The molecule has 0 aliphatic carbocycles. The molecule has 0 unspecified atom stereocenters. The van der Waals surface area contributed by atoms with E-state index in [9.17, 15) is 4.79 Å². The molecule has 2 heterocycles. The van der Waals surface area contributed by atoms with E-state index in [4.69, 9.17) is 9.47 Å². The van der Waals surface area contributed by atoms with Gasteiger partial charge >= 0.3 is 0 Å². The number of amides is 1. The quantitative estimate of drug-likeness (QED) is 0.729. The van der Waals surface area contributed by atoms with Crippen molar-refractivity contribution in [2.24, 2.45) is 5.92 Å². The summed E-state index contributed by atoms with van der Waals surface area (Å²) in [6.45, 7) is 8.26. The zero-order valence-corrected chi connectivity index (χ0v) is 10.6. The van der Waals surface area contributed by atoms with Crippen molar-refractivity contribution in [2.45, 2.75) is 26.1 Å². The van der Waals surface area contributed by atoms with Crippen LogP contribution in [0.5, 0.6) is 0 Å². The maximum atomic E-state index is 12.1. The van der Waals surface area contributed by atoms with Crippen molar-refractivity contribution in [2.75, 3.05) is 39.4 Å². The minimum atomic E-state index is 0.0388. The maximum Gasteiger partial charge on any atom is 0.228 e. The number of hydrogen-bond acceptors (Lipinski definition) is 4. The molecule has 2 fully saturated rings. The maximum absolute atomic E-state index is 12.1. The van der Waals surface area contributed by atoms with Crippen molar-refractivity contribution in [1.29, 1.82) is 0 Å². The SMILES string of the molecule is CCO[C@H]1CN(C(=O)C2CNC2)C[C@@H]1OCC.